The van der Waals surface area contributed by atoms with Crippen LogP contribution in [-0.4, -0.2) is 34.1 Å². The lowest BCUT2D eigenvalue weighted by atomic mass is 10.1. The maximum absolute atomic E-state index is 13.2. The average molecular weight is 485 g/mol. The first-order valence-electron chi connectivity index (χ1n) is 9.57. The molecule has 0 atom stereocenters. The predicted octanol–water partition coefficient (Wildman–Crippen LogP) is 4.93. The van der Waals surface area contributed by atoms with Gasteiger partial charge in [0.05, 0.1) is 30.1 Å². The van der Waals surface area contributed by atoms with Gasteiger partial charge in [0, 0.05) is 30.0 Å². The lowest BCUT2D eigenvalue weighted by Crippen LogP contribution is -2.33. The van der Waals surface area contributed by atoms with Crippen molar-refractivity contribution in [2.45, 2.75) is 19.4 Å². The van der Waals surface area contributed by atoms with Crippen LogP contribution in [0, 0.1) is 0 Å². The van der Waals surface area contributed by atoms with Gasteiger partial charge in [-0.1, -0.05) is 39.4 Å². The first kappa shape index (κ1) is 20.6. The number of hydrogen-bond donors (Lipinski definition) is 0. The molecule has 1 amide bonds. The summed E-state index contributed by atoms with van der Waals surface area (Å²) in [6.45, 7) is 1.39. The number of hydrogen-bond acceptors (Lipinski definition) is 5. The van der Waals surface area contributed by atoms with Crippen LogP contribution in [0.1, 0.15) is 12.0 Å². The van der Waals surface area contributed by atoms with Crippen molar-refractivity contribution in [1.29, 1.82) is 0 Å². The highest BCUT2D eigenvalue weighted by atomic mass is 79.9. The minimum Gasteiger partial charge on any atom is -0.497 e. The Morgan fingerprint density at radius 3 is 2.80 bits per heavy atom. The van der Waals surface area contributed by atoms with Crippen molar-refractivity contribution in [2.75, 3.05) is 18.6 Å². The van der Waals surface area contributed by atoms with Crippen LogP contribution >= 0.6 is 27.3 Å². The van der Waals surface area contributed by atoms with Gasteiger partial charge in [0.1, 0.15) is 5.75 Å². The van der Waals surface area contributed by atoms with Crippen LogP contribution in [0.3, 0.4) is 0 Å². The van der Waals surface area contributed by atoms with Crippen LogP contribution in [0.15, 0.2) is 65.7 Å². The SMILES string of the molecule is COc1ccc(CC(=O)N(CCCn2ccnc2)c2nc3ccc(Br)cc3s2)cc1. The zero-order chi connectivity index (χ0) is 20.9. The van der Waals surface area contributed by atoms with Gasteiger partial charge >= 0.3 is 0 Å². The number of thiazole rings is 1. The molecule has 6 nitrogen and oxygen atoms in total. The van der Waals surface area contributed by atoms with E-state index in [-0.39, 0.29) is 5.91 Å². The second-order valence-corrected chi connectivity index (χ2v) is 8.76. The van der Waals surface area contributed by atoms with E-state index in [2.05, 4.69) is 20.9 Å². The van der Waals surface area contributed by atoms with Gasteiger partial charge < -0.3 is 9.30 Å². The summed E-state index contributed by atoms with van der Waals surface area (Å²) in [5.74, 6) is 0.809. The zero-order valence-corrected chi connectivity index (χ0v) is 18.9. The molecule has 0 spiro atoms. The third-order valence-corrected chi connectivity index (χ3v) is 6.28. The molecule has 0 aliphatic carbocycles. The summed E-state index contributed by atoms with van der Waals surface area (Å²) in [5.41, 5.74) is 1.85. The van der Waals surface area contributed by atoms with Crippen LogP contribution < -0.4 is 9.64 Å². The van der Waals surface area contributed by atoms with Crippen LogP contribution in [0.2, 0.25) is 0 Å². The molecular formula is C22H21BrN4O2S. The maximum Gasteiger partial charge on any atom is 0.233 e. The van der Waals surface area contributed by atoms with Crippen molar-refractivity contribution in [1.82, 2.24) is 14.5 Å². The van der Waals surface area contributed by atoms with Gasteiger partial charge in [0.2, 0.25) is 5.91 Å². The first-order chi connectivity index (χ1) is 14.6. The number of methoxy groups -OCH3 is 1. The molecule has 0 fully saturated rings. The lowest BCUT2D eigenvalue weighted by Gasteiger charge is -2.20. The molecule has 0 saturated carbocycles. The number of rotatable bonds is 8. The van der Waals surface area contributed by atoms with Gasteiger partial charge in [-0.05, 0) is 42.3 Å². The topological polar surface area (TPSA) is 60.2 Å². The Morgan fingerprint density at radius 1 is 1.23 bits per heavy atom. The standard InChI is InChI=1S/C22H21BrN4O2S/c1-29-18-6-3-16(4-7-18)13-21(28)27(11-2-10-26-12-9-24-15-26)22-25-19-8-5-17(23)14-20(19)30-22/h3-9,12,14-15H,2,10-11,13H2,1H3. The van der Waals surface area contributed by atoms with Crippen molar-refractivity contribution in [3.05, 3.63) is 71.2 Å². The van der Waals surface area contributed by atoms with Crippen molar-refractivity contribution >= 4 is 48.5 Å². The molecule has 0 N–H and O–H groups in total. The molecule has 2 aromatic heterocycles. The maximum atomic E-state index is 13.2. The zero-order valence-electron chi connectivity index (χ0n) is 16.5. The van der Waals surface area contributed by atoms with E-state index >= 15 is 0 Å². The lowest BCUT2D eigenvalue weighted by molar-refractivity contribution is -0.118. The fraction of sp³-hybridized carbons (Fsp3) is 0.227. The van der Waals surface area contributed by atoms with Gasteiger partial charge in [-0.2, -0.15) is 0 Å². The highest BCUT2D eigenvalue weighted by Gasteiger charge is 2.20. The summed E-state index contributed by atoms with van der Waals surface area (Å²) < 4.78 is 9.28. The van der Waals surface area contributed by atoms with Crippen molar-refractivity contribution in [3.8, 4) is 5.75 Å². The van der Waals surface area contributed by atoms with Crippen molar-refractivity contribution in [2.24, 2.45) is 0 Å². The van der Waals surface area contributed by atoms with Crippen LogP contribution in [0.4, 0.5) is 5.13 Å². The normalized spacial score (nSPS) is 11.0. The number of aromatic nitrogens is 3. The number of halogens is 1. The first-order valence-corrected chi connectivity index (χ1v) is 11.2. The molecule has 0 saturated heterocycles. The van der Waals surface area contributed by atoms with E-state index in [0.29, 0.717) is 13.0 Å². The molecule has 0 radical (unpaired) electrons. The molecule has 2 heterocycles. The van der Waals surface area contributed by atoms with Crippen molar-refractivity contribution in [3.63, 3.8) is 0 Å². The number of carbonyl (C=O) groups is 1. The Hall–Kier alpha value is -2.71. The number of aryl methyl sites for hydroxylation is 1. The minimum absolute atomic E-state index is 0.0314. The monoisotopic (exact) mass is 484 g/mol. The van der Waals surface area contributed by atoms with E-state index in [0.717, 1.165) is 44.1 Å². The summed E-state index contributed by atoms with van der Waals surface area (Å²) in [7, 11) is 1.63. The Balaban J connectivity index is 1.55. The van der Waals surface area contributed by atoms with Gasteiger partial charge in [-0.3, -0.25) is 9.69 Å². The summed E-state index contributed by atoms with van der Waals surface area (Å²) in [5, 5.41) is 0.729. The minimum atomic E-state index is 0.0314. The van der Waals surface area contributed by atoms with Crippen molar-refractivity contribution < 1.29 is 9.53 Å². The van der Waals surface area contributed by atoms with E-state index in [9.17, 15) is 4.79 Å². The molecule has 0 unspecified atom stereocenters. The van der Waals surface area contributed by atoms with Crippen LogP contribution in [0.5, 0.6) is 5.75 Å². The molecule has 4 aromatic rings. The molecular weight excluding hydrogens is 464 g/mol. The van der Waals surface area contributed by atoms with Gasteiger partial charge in [-0.15, -0.1) is 0 Å². The largest absolute Gasteiger partial charge is 0.497 e. The Labute approximate surface area is 187 Å². The molecule has 154 valence electrons. The molecule has 2 aromatic carbocycles. The molecule has 0 bridgehead atoms. The van der Waals surface area contributed by atoms with Crippen LogP contribution in [-0.2, 0) is 17.8 Å². The molecule has 0 aliphatic rings. The fourth-order valence-electron chi connectivity index (χ4n) is 3.17. The fourth-order valence-corrected chi connectivity index (χ4v) is 4.73. The Morgan fingerprint density at radius 2 is 2.07 bits per heavy atom. The molecule has 4 rings (SSSR count). The second kappa shape index (κ2) is 9.40. The van der Waals surface area contributed by atoms with Gasteiger partial charge in [0.15, 0.2) is 5.13 Å². The third kappa shape index (κ3) is 4.88. The Kier molecular flexibility index (Phi) is 6.44. The van der Waals surface area contributed by atoms with E-state index in [1.54, 1.807) is 24.5 Å². The van der Waals surface area contributed by atoms with E-state index in [1.165, 1.54) is 11.3 Å². The summed E-state index contributed by atoms with van der Waals surface area (Å²) in [6, 6.07) is 13.6. The summed E-state index contributed by atoms with van der Waals surface area (Å²) >= 11 is 5.04. The number of carbonyl (C=O) groups excluding carboxylic acids is 1. The van der Waals surface area contributed by atoms with Crippen LogP contribution in [0.25, 0.3) is 10.2 Å². The number of amides is 1. The highest BCUT2D eigenvalue weighted by molar-refractivity contribution is 9.10. The molecule has 30 heavy (non-hydrogen) atoms. The number of benzene rings is 2. The number of ether oxygens (including phenoxy) is 1. The molecule has 8 heteroatoms. The highest BCUT2D eigenvalue weighted by Crippen LogP contribution is 2.31. The summed E-state index contributed by atoms with van der Waals surface area (Å²) in [4.78, 5) is 23.8. The number of imidazole rings is 1. The van der Waals surface area contributed by atoms with E-state index in [4.69, 9.17) is 9.72 Å². The number of nitrogens with zero attached hydrogens (tertiary/aromatic N) is 4. The summed E-state index contributed by atoms with van der Waals surface area (Å²) in [6.07, 6.45) is 6.61. The average Bonchev–Trinajstić information content (AvgIpc) is 3.41. The number of anilines is 1. The van der Waals surface area contributed by atoms with Gasteiger partial charge in [0.25, 0.3) is 0 Å². The van der Waals surface area contributed by atoms with E-state index in [1.807, 2.05) is 53.2 Å². The predicted molar refractivity (Wildman–Crippen MR) is 123 cm³/mol. The quantitative estimate of drug-likeness (QED) is 0.355. The smallest absolute Gasteiger partial charge is 0.233 e. The van der Waals surface area contributed by atoms with E-state index < -0.39 is 0 Å². The van der Waals surface area contributed by atoms with Gasteiger partial charge in [-0.25, -0.2) is 9.97 Å². The number of fused-ring (bicyclic) bond motifs is 1. The molecule has 0 aliphatic heterocycles. The second-order valence-electron chi connectivity index (χ2n) is 6.83. The Bertz CT molecular complexity index is 1130. The third-order valence-electron chi connectivity index (χ3n) is 4.74.